The SMILES string of the molecule is CC(C)c1ccc(Sc2nnccc2C#N)cc1. The Morgan fingerprint density at radius 1 is 1.17 bits per heavy atom. The van der Waals surface area contributed by atoms with Crippen molar-refractivity contribution in [3.63, 3.8) is 0 Å². The van der Waals surface area contributed by atoms with E-state index in [1.807, 2.05) is 0 Å². The summed E-state index contributed by atoms with van der Waals surface area (Å²) < 4.78 is 0. The predicted octanol–water partition coefficient (Wildman–Crippen LogP) is 3.62. The van der Waals surface area contributed by atoms with Gasteiger partial charge in [0.2, 0.25) is 0 Å². The lowest BCUT2D eigenvalue weighted by molar-refractivity contribution is 0.864. The minimum Gasteiger partial charge on any atom is -0.192 e. The van der Waals surface area contributed by atoms with Crippen molar-refractivity contribution >= 4 is 11.8 Å². The maximum atomic E-state index is 8.98. The molecule has 90 valence electrons. The van der Waals surface area contributed by atoms with Crippen LogP contribution in [-0.4, -0.2) is 10.2 Å². The van der Waals surface area contributed by atoms with E-state index in [0.717, 1.165) is 4.90 Å². The number of aromatic nitrogens is 2. The highest BCUT2D eigenvalue weighted by Gasteiger charge is 2.06. The van der Waals surface area contributed by atoms with E-state index in [-0.39, 0.29) is 0 Å². The van der Waals surface area contributed by atoms with E-state index < -0.39 is 0 Å². The van der Waals surface area contributed by atoms with Crippen molar-refractivity contribution < 1.29 is 0 Å². The molecule has 4 heteroatoms. The first kappa shape index (κ1) is 12.6. The molecule has 2 aromatic rings. The fourth-order valence-electron chi connectivity index (χ4n) is 1.51. The monoisotopic (exact) mass is 255 g/mol. The van der Waals surface area contributed by atoms with Gasteiger partial charge in [-0.05, 0) is 29.7 Å². The van der Waals surface area contributed by atoms with Crippen molar-refractivity contribution in [1.82, 2.24) is 10.2 Å². The highest BCUT2D eigenvalue weighted by Crippen LogP contribution is 2.28. The van der Waals surface area contributed by atoms with E-state index in [1.54, 1.807) is 6.07 Å². The number of nitrogens with zero attached hydrogens (tertiary/aromatic N) is 3. The highest BCUT2D eigenvalue weighted by atomic mass is 32.2. The van der Waals surface area contributed by atoms with E-state index in [0.29, 0.717) is 16.5 Å². The molecule has 0 aliphatic rings. The number of rotatable bonds is 3. The summed E-state index contributed by atoms with van der Waals surface area (Å²) in [6.07, 6.45) is 1.53. The summed E-state index contributed by atoms with van der Waals surface area (Å²) in [4.78, 5) is 1.07. The zero-order valence-corrected chi connectivity index (χ0v) is 11.1. The normalized spacial score (nSPS) is 10.3. The quantitative estimate of drug-likeness (QED) is 0.840. The molecule has 0 saturated carbocycles. The van der Waals surface area contributed by atoms with Gasteiger partial charge in [0.1, 0.15) is 11.1 Å². The average Bonchev–Trinajstić information content (AvgIpc) is 2.40. The van der Waals surface area contributed by atoms with Crippen LogP contribution in [0.25, 0.3) is 0 Å². The Bertz CT molecular complexity index is 570. The molecule has 0 aliphatic heterocycles. The summed E-state index contributed by atoms with van der Waals surface area (Å²) in [6.45, 7) is 4.33. The van der Waals surface area contributed by atoms with E-state index in [2.05, 4.69) is 54.4 Å². The molecule has 0 aliphatic carbocycles. The zero-order chi connectivity index (χ0) is 13.0. The van der Waals surface area contributed by atoms with Crippen LogP contribution >= 0.6 is 11.8 Å². The first-order valence-electron chi connectivity index (χ1n) is 5.70. The third-order valence-electron chi connectivity index (χ3n) is 2.57. The molecule has 0 bridgehead atoms. The van der Waals surface area contributed by atoms with E-state index in [1.165, 1.54) is 23.5 Å². The standard InChI is InChI=1S/C14H13N3S/c1-10(2)11-3-5-13(6-4-11)18-14-12(9-15)7-8-16-17-14/h3-8,10H,1-2H3. The fourth-order valence-corrected chi connectivity index (χ4v) is 2.32. The minimum absolute atomic E-state index is 0.523. The average molecular weight is 255 g/mol. The lowest BCUT2D eigenvalue weighted by atomic mass is 10.0. The maximum absolute atomic E-state index is 8.98. The predicted molar refractivity (Wildman–Crippen MR) is 71.4 cm³/mol. The molecule has 0 saturated heterocycles. The van der Waals surface area contributed by atoms with Crippen molar-refractivity contribution in [2.75, 3.05) is 0 Å². The van der Waals surface area contributed by atoms with Gasteiger partial charge >= 0.3 is 0 Å². The van der Waals surface area contributed by atoms with Crippen molar-refractivity contribution in [2.45, 2.75) is 29.7 Å². The first-order valence-corrected chi connectivity index (χ1v) is 6.52. The lowest BCUT2D eigenvalue weighted by Gasteiger charge is -2.06. The Morgan fingerprint density at radius 2 is 1.89 bits per heavy atom. The van der Waals surface area contributed by atoms with Crippen molar-refractivity contribution in [1.29, 1.82) is 5.26 Å². The summed E-state index contributed by atoms with van der Waals surface area (Å²) in [5.74, 6) is 0.523. The summed E-state index contributed by atoms with van der Waals surface area (Å²) in [6, 6.07) is 12.1. The van der Waals surface area contributed by atoms with Crippen LogP contribution in [-0.2, 0) is 0 Å². The van der Waals surface area contributed by atoms with Crippen LogP contribution in [0.5, 0.6) is 0 Å². The van der Waals surface area contributed by atoms with Crippen LogP contribution in [0.15, 0.2) is 46.5 Å². The van der Waals surface area contributed by atoms with Gasteiger partial charge in [0, 0.05) is 4.90 Å². The number of hydrogen-bond donors (Lipinski definition) is 0. The summed E-state index contributed by atoms with van der Waals surface area (Å²) in [5, 5.41) is 17.4. The molecule has 0 spiro atoms. The molecule has 0 unspecified atom stereocenters. The van der Waals surface area contributed by atoms with Gasteiger partial charge in [-0.3, -0.25) is 0 Å². The molecule has 1 heterocycles. The summed E-state index contributed by atoms with van der Waals surface area (Å²) >= 11 is 1.46. The van der Waals surface area contributed by atoms with Crippen LogP contribution in [0.1, 0.15) is 30.9 Å². The molecule has 0 amide bonds. The van der Waals surface area contributed by atoms with Gasteiger partial charge in [0.05, 0.1) is 11.8 Å². The van der Waals surface area contributed by atoms with E-state index >= 15 is 0 Å². The Labute approximate surface area is 111 Å². The van der Waals surface area contributed by atoms with Crippen LogP contribution < -0.4 is 0 Å². The van der Waals surface area contributed by atoms with Crippen molar-refractivity contribution in [3.05, 3.63) is 47.7 Å². The van der Waals surface area contributed by atoms with Gasteiger partial charge in [-0.25, -0.2) is 0 Å². The topological polar surface area (TPSA) is 49.6 Å². The smallest absolute Gasteiger partial charge is 0.141 e. The Hall–Kier alpha value is -1.86. The van der Waals surface area contributed by atoms with Gasteiger partial charge in [0.25, 0.3) is 0 Å². The second-order valence-electron chi connectivity index (χ2n) is 4.19. The molecule has 0 fully saturated rings. The van der Waals surface area contributed by atoms with Crippen LogP contribution in [0, 0.1) is 11.3 Å². The molecule has 0 N–H and O–H groups in total. The fraction of sp³-hybridized carbons (Fsp3) is 0.214. The molecular weight excluding hydrogens is 242 g/mol. The van der Waals surface area contributed by atoms with Crippen molar-refractivity contribution in [3.8, 4) is 6.07 Å². The van der Waals surface area contributed by atoms with Crippen LogP contribution in [0.2, 0.25) is 0 Å². The summed E-state index contributed by atoms with van der Waals surface area (Å²) in [7, 11) is 0. The highest BCUT2D eigenvalue weighted by molar-refractivity contribution is 7.99. The van der Waals surface area contributed by atoms with Crippen molar-refractivity contribution in [2.24, 2.45) is 0 Å². The van der Waals surface area contributed by atoms with Gasteiger partial charge in [0.15, 0.2) is 0 Å². The lowest BCUT2D eigenvalue weighted by Crippen LogP contribution is -1.90. The maximum Gasteiger partial charge on any atom is 0.141 e. The molecule has 3 nitrogen and oxygen atoms in total. The Balaban J connectivity index is 2.22. The second-order valence-corrected chi connectivity index (χ2v) is 5.25. The van der Waals surface area contributed by atoms with Crippen LogP contribution in [0.4, 0.5) is 0 Å². The first-order chi connectivity index (χ1) is 8.70. The van der Waals surface area contributed by atoms with Gasteiger partial charge < -0.3 is 0 Å². The molecule has 2 rings (SSSR count). The zero-order valence-electron chi connectivity index (χ0n) is 10.3. The molecular formula is C14H13N3S. The third-order valence-corrected chi connectivity index (χ3v) is 3.57. The summed E-state index contributed by atoms with van der Waals surface area (Å²) in [5.41, 5.74) is 1.86. The van der Waals surface area contributed by atoms with E-state index in [9.17, 15) is 0 Å². The molecule has 0 radical (unpaired) electrons. The Kier molecular flexibility index (Phi) is 3.96. The number of benzene rings is 1. The number of nitriles is 1. The van der Waals surface area contributed by atoms with Gasteiger partial charge in [-0.2, -0.15) is 10.4 Å². The van der Waals surface area contributed by atoms with E-state index in [4.69, 9.17) is 5.26 Å². The minimum atomic E-state index is 0.523. The molecule has 0 atom stereocenters. The Morgan fingerprint density at radius 3 is 2.50 bits per heavy atom. The number of hydrogen-bond acceptors (Lipinski definition) is 4. The molecule has 1 aromatic carbocycles. The van der Waals surface area contributed by atoms with Gasteiger partial charge in [-0.1, -0.05) is 37.7 Å². The second kappa shape index (κ2) is 5.65. The molecule has 1 aromatic heterocycles. The van der Waals surface area contributed by atoms with Crippen LogP contribution in [0.3, 0.4) is 0 Å². The van der Waals surface area contributed by atoms with Gasteiger partial charge in [-0.15, -0.1) is 5.10 Å². The largest absolute Gasteiger partial charge is 0.192 e. The third kappa shape index (κ3) is 2.88. The molecule has 18 heavy (non-hydrogen) atoms.